The number of benzene rings is 6. The highest BCUT2D eigenvalue weighted by Gasteiger charge is 2.46. The minimum Gasteiger partial charge on any atom is -0.196 e. The van der Waals surface area contributed by atoms with E-state index < -0.39 is 11.8 Å². The number of hydrogen-bond donors (Lipinski definition) is 0. The van der Waals surface area contributed by atoms with E-state index in [0.717, 1.165) is 21.9 Å². The predicted molar refractivity (Wildman–Crippen MR) is 144 cm³/mol. The average Bonchev–Trinajstić information content (AvgIpc) is 3.29. The van der Waals surface area contributed by atoms with Crippen molar-refractivity contribution in [2.45, 2.75) is 11.8 Å². The quantitative estimate of drug-likeness (QED) is 0.155. The lowest BCUT2D eigenvalue weighted by Crippen LogP contribution is -2.11. The molecule has 8 rings (SSSR count). The third-order valence-electron chi connectivity index (χ3n) is 8.08. The Morgan fingerprint density at radius 2 is 0.895 bits per heavy atom. The van der Waals surface area contributed by atoms with Crippen molar-refractivity contribution in [2.24, 2.45) is 0 Å². The van der Waals surface area contributed by atoms with Crippen molar-refractivity contribution in [1.82, 2.24) is 0 Å². The molecule has 0 saturated heterocycles. The summed E-state index contributed by atoms with van der Waals surface area (Å²) in [7, 11) is 0. The fourth-order valence-corrected chi connectivity index (χ4v) is 6.37. The third kappa shape index (κ3) is 2.65. The van der Waals surface area contributed by atoms with Crippen LogP contribution in [-0.2, 0) is 11.8 Å². The Labute approximate surface area is 215 Å². The minimum atomic E-state index is -3.12. The van der Waals surface area contributed by atoms with E-state index >= 15 is 17.6 Å². The van der Waals surface area contributed by atoms with E-state index in [0.29, 0.717) is 33.0 Å². The van der Waals surface area contributed by atoms with E-state index in [-0.39, 0.29) is 22.3 Å². The Kier molecular flexibility index (Phi) is 4.04. The van der Waals surface area contributed by atoms with Crippen LogP contribution in [-0.4, -0.2) is 0 Å². The first-order valence-electron chi connectivity index (χ1n) is 12.5. The van der Waals surface area contributed by atoms with Gasteiger partial charge in [-0.25, -0.2) is 0 Å². The molecule has 0 N–H and O–H groups in total. The summed E-state index contributed by atoms with van der Waals surface area (Å²) >= 11 is 0. The maximum Gasteiger partial charge on any atom is 0.299 e. The minimum absolute atomic E-state index is 0.00801. The van der Waals surface area contributed by atoms with Gasteiger partial charge in [-0.2, -0.15) is 17.6 Å². The number of alkyl halides is 4. The lowest BCUT2D eigenvalue weighted by atomic mass is 9.87. The highest BCUT2D eigenvalue weighted by Crippen LogP contribution is 2.55. The highest BCUT2D eigenvalue weighted by atomic mass is 19.3. The van der Waals surface area contributed by atoms with Crippen LogP contribution in [0.1, 0.15) is 22.3 Å². The summed E-state index contributed by atoms with van der Waals surface area (Å²) in [6, 6.07) is 31.3. The standard InChI is InChI=1S/C34H18F4/c35-33(36)29-13-7-5-11-23(29)27-17-24-21(16-30(27)33)14-20-15-26-22-10-4-6-12-28(22)34(37,38)31(26)18-25(20)32(24)19-8-2-1-3-9-19/h1-18H. The first kappa shape index (κ1) is 21.6. The van der Waals surface area contributed by atoms with Crippen molar-refractivity contribution in [2.75, 3.05) is 0 Å². The van der Waals surface area contributed by atoms with Crippen LogP contribution in [0.15, 0.2) is 109 Å². The van der Waals surface area contributed by atoms with Crippen LogP contribution >= 0.6 is 0 Å². The summed E-state index contributed by atoms with van der Waals surface area (Å²) in [5, 5.41) is 2.82. The maximum atomic E-state index is 15.7. The monoisotopic (exact) mass is 502 g/mol. The first-order chi connectivity index (χ1) is 18.4. The molecule has 2 aliphatic carbocycles. The molecule has 0 heterocycles. The summed E-state index contributed by atoms with van der Waals surface area (Å²) in [5.74, 6) is -6.23. The number of hydrogen-bond acceptors (Lipinski definition) is 0. The van der Waals surface area contributed by atoms with E-state index in [1.807, 2.05) is 42.5 Å². The van der Waals surface area contributed by atoms with E-state index in [1.165, 1.54) is 12.1 Å². The summed E-state index contributed by atoms with van der Waals surface area (Å²) in [6.07, 6.45) is 0. The predicted octanol–water partition coefficient (Wildman–Crippen LogP) is 9.90. The summed E-state index contributed by atoms with van der Waals surface area (Å²) in [6.45, 7) is 0. The van der Waals surface area contributed by atoms with Crippen molar-refractivity contribution in [1.29, 1.82) is 0 Å². The van der Waals surface area contributed by atoms with Gasteiger partial charge in [-0.15, -0.1) is 0 Å². The van der Waals surface area contributed by atoms with E-state index in [2.05, 4.69) is 0 Å². The Morgan fingerprint density at radius 3 is 1.55 bits per heavy atom. The van der Waals surface area contributed by atoms with Gasteiger partial charge in [-0.05, 0) is 85.3 Å². The molecule has 0 amide bonds. The zero-order valence-corrected chi connectivity index (χ0v) is 19.9. The van der Waals surface area contributed by atoms with Gasteiger partial charge in [0.05, 0.1) is 0 Å². The van der Waals surface area contributed by atoms with E-state index in [4.69, 9.17) is 0 Å². The topological polar surface area (TPSA) is 0 Å². The second-order valence-electron chi connectivity index (χ2n) is 10.1. The normalized spacial score (nSPS) is 15.8. The number of fused-ring (bicyclic) bond motifs is 8. The van der Waals surface area contributed by atoms with Crippen LogP contribution in [0.25, 0.3) is 54.9 Å². The molecule has 0 atom stereocenters. The zero-order chi connectivity index (χ0) is 25.8. The molecule has 0 radical (unpaired) electrons. The zero-order valence-electron chi connectivity index (χ0n) is 19.9. The average molecular weight is 503 g/mol. The van der Waals surface area contributed by atoms with Crippen molar-refractivity contribution in [3.8, 4) is 33.4 Å². The van der Waals surface area contributed by atoms with Gasteiger partial charge in [0.1, 0.15) is 0 Å². The Hall–Kier alpha value is -4.44. The second kappa shape index (κ2) is 7.11. The number of halogens is 4. The van der Waals surface area contributed by atoms with E-state index in [9.17, 15) is 0 Å². The van der Waals surface area contributed by atoms with Gasteiger partial charge in [0, 0.05) is 22.3 Å². The van der Waals surface area contributed by atoms with Crippen LogP contribution in [0.3, 0.4) is 0 Å². The van der Waals surface area contributed by atoms with Crippen LogP contribution in [0.5, 0.6) is 0 Å². The molecule has 0 nitrogen and oxygen atoms in total. The Balaban J connectivity index is 1.52. The van der Waals surface area contributed by atoms with Gasteiger partial charge in [-0.3, -0.25) is 0 Å². The third-order valence-corrected chi connectivity index (χ3v) is 8.08. The van der Waals surface area contributed by atoms with Gasteiger partial charge >= 0.3 is 0 Å². The molecule has 0 saturated carbocycles. The molecular formula is C34H18F4. The first-order valence-corrected chi connectivity index (χ1v) is 12.5. The second-order valence-corrected chi connectivity index (χ2v) is 10.1. The van der Waals surface area contributed by atoms with Gasteiger partial charge < -0.3 is 0 Å². The molecule has 0 unspecified atom stereocenters. The molecule has 2 aliphatic rings. The number of rotatable bonds is 1. The van der Waals surface area contributed by atoms with Crippen LogP contribution in [0.4, 0.5) is 17.6 Å². The van der Waals surface area contributed by atoms with Crippen LogP contribution < -0.4 is 0 Å². The molecule has 0 aromatic heterocycles. The smallest absolute Gasteiger partial charge is 0.196 e. The summed E-state index contributed by atoms with van der Waals surface area (Å²) in [4.78, 5) is 0. The fraction of sp³-hybridized carbons (Fsp3) is 0.0588. The fourth-order valence-electron chi connectivity index (χ4n) is 6.37. The lowest BCUT2D eigenvalue weighted by Gasteiger charge is -2.18. The molecular weight excluding hydrogens is 484 g/mol. The van der Waals surface area contributed by atoms with Crippen LogP contribution in [0.2, 0.25) is 0 Å². The Morgan fingerprint density at radius 1 is 0.395 bits per heavy atom. The van der Waals surface area contributed by atoms with Gasteiger partial charge in [0.2, 0.25) is 0 Å². The van der Waals surface area contributed by atoms with Gasteiger partial charge in [0.25, 0.3) is 11.8 Å². The summed E-state index contributed by atoms with van der Waals surface area (Å²) in [5.41, 5.74) is 3.52. The SMILES string of the molecule is FC1(F)c2ccccc2-c2cc3c(-c4ccccc4)c4cc5c(cc4cc3cc21)-c1ccccc1C5(F)F. The molecule has 0 bridgehead atoms. The molecule has 0 spiro atoms. The maximum absolute atomic E-state index is 15.7. The lowest BCUT2D eigenvalue weighted by molar-refractivity contribution is 0.0475. The molecule has 4 heteroatoms. The van der Waals surface area contributed by atoms with Crippen molar-refractivity contribution < 1.29 is 17.6 Å². The molecule has 6 aromatic carbocycles. The van der Waals surface area contributed by atoms with Crippen molar-refractivity contribution in [3.63, 3.8) is 0 Å². The van der Waals surface area contributed by atoms with Crippen molar-refractivity contribution in [3.05, 3.63) is 131 Å². The van der Waals surface area contributed by atoms with Gasteiger partial charge in [0.15, 0.2) is 0 Å². The highest BCUT2D eigenvalue weighted by molar-refractivity contribution is 6.15. The summed E-state index contributed by atoms with van der Waals surface area (Å²) < 4.78 is 62.4. The molecule has 6 aromatic rings. The van der Waals surface area contributed by atoms with Crippen molar-refractivity contribution >= 4 is 21.5 Å². The molecule has 182 valence electrons. The van der Waals surface area contributed by atoms with E-state index in [1.54, 1.807) is 54.6 Å². The molecule has 0 fully saturated rings. The molecule has 0 aliphatic heterocycles. The van der Waals surface area contributed by atoms with Gasteiger partial charge in [-0.1, -0.05) is 78.9 Å². The Bertz CT molecular complexity index is 1970. The molecule has 38 heavy (non-hydrogen) atoms. The van der Waals surface area contributed by atoms with Crippen LogP contribution in [0, 0.1) is 0 Å². The largest absolute Gasteiger partial charge is 0.299 e.